The Bertz CT molecular complexity index is 179. The highest BCUT2D eigenvalue weighted by Crippen LogP contribution is 2.17. The summed E-state index contributed by atoms with van der Waals surface area (Å²) in [6, 6.07) is 0. The second-order valence-electron chi connectivity index (χ2n) is 3.81. The molecule has 0 bridgehead atoms. The Balaban J connectivity index is 2.18. The summed E-state index contributed by atoms with van der Waals surface area (Å²) in [7, 11) is 0. The average Bonchev–Trinajstić information content (AvgIpc) is 2.14. The van der Waals surface area contributed by atoms with Gasteiger partial charge in [0.25, 0.3) is 0 Å². The Morgan fingerprint density at radius 2 is 1.53 bits per heavy atom. The van der Waals surface area contributed by atoms with E-state index in [0.717, 1.165) is 31.8 Å². The zero-order valence-electron chi connectivity index (χ0n) is 8.63. The van der Waals surface area contributed by atoms with Gasteiger partial charge in [0, 0.05) is 26.2 Å². The molecule has 0 aliphatic carbocycles. The molecule has 1 rings (SSSR count). The third kappa shape index (κ3) is 5.63. The monoisotopic (exact) mass is 242 g/mol. The van der Waals surface area contributed by atoms with E-state index in [2.05, 4.69) is 17.5 Å². The summed E-state index contributed by atoms with van der Waals surface area (Å²) in [6.07, 6.45) is -3.06. The first-order valence-corrected chi connectivity index (χ1v) is 5.77. The normalized spacial score (nSPS) is 20.8. The van der Waals surface area contributed by atoms with Crippen molar-refractivity contribution in [3.8, 4) is 0 Å². The zero-order chi connectivity index (χ0) is 11.3. The van der Waals surface area contributed by atoms with E-state index in [-0.39, 0.29) is 0 Å². The molecular formula is C9H17F3N2S. The first-order chi connectivity index (χ1) is 7.01. The van der Waals surface area contributed by atoms with Crippen LogP contribution in [0.2, 0.25) is 0 Å². The lowest BCUT2D eigenvalue weighted by Crippen LogP contribution is -2.49. The lowest BCUT2D eigenvalue weighted by Gasteiger charge is -2.34. The van der Waals surface area contributed by atoms with Crippen LogP contribution in [0.4, 0.5) is 13.2 Å². The molecule has 0 spiro atoms. The number of rotatable bonds is 4. The Morgan fingerprint density at radius 3 is 2.00 bits per heavy atom. The Labute approximate surface area is 93.8 Å². The molecule has 0 radical (unpaired) electrons. The van der Waals surface area contributed by atoms with Gasteiger partial charge in [-0.3, -0.25) is 4.90 Å². The molecule has 0 saturated carbocycles. The Morgan fingerprint density at radius 1 is 1.00 bits per heavy atom. The molecule has 0 amide bonds. The third-order valence-electron chi connectivity index (χ3n) is 2.50. The minimum Gasteiger partial charge on any atom is -0.301 e. The van der Waals surface area contributed by atoms with Crippen molar-refractivity contribution in [2.45, 2.75) is 12.6 Å². The molecule has 1 aliphatic heterocycles. The second kappa shape index (κ2) is 5.96. The van der Waals surface area contributed by atoms with E-state index in [1.807, 2.05) is 0 Å². The minimum absolute atomic E-state index is 0.520. The van der Waals surface area contributed by atoms with E-state index in [4.69, 9.17) is 0 Å². The van der Waals surface area contributed by atoms with Crippen LogP contribution in [0.25, 0.3) is 0 Å². The highest BCUT2D eigenvalue weighted by molar-refractivity contribution is 7.80. The number of thiol groups is 1. The van der Waals surface area contributed by atoms with E-state index < -0.39 is 12.7 Å². The molecule has 0 N–H and O–H groups in total. The van der Waals surface area contributed by atoms with Gasteiger partial charge in [-0.2, -0.15) is 25.8 Å². The Kier molecular flexibility index (Phi) is 5.22. The maximum Gasteiger partial charge on any atom is 0.401 e. The highest BCUT2D eigenvalue weighted by atomic mass is 32.1. The highest BCUT2D eigenvalue weighted by Gasteiger charge is 2.31. The number of hydrogen-bond donors (Lipinski definition) is 1. The van der Waals surface area contributed by atoms with Crippen molar-refractivity contribution in [3.05, 3.63) is 0 Å². The summed E-state index contributed by atoms with van der Waals surface area (Å²) < 4.78 is 36.2. The molecule has 1 aliphatic rings. The van der Waals surface area contributed by atoms with Crippen LogP contribution in [0.5, 0.6) is 0 Å². The van der Waals surface area contributed by atoms with Crippen molar-refractivity contribution < 1.29 is 13.2 Å². The van der Waals surface area contributed by atoms with E-state index in [9.17, 15) is 13.2 Å². The van der Waals surface area contributed by atoms with Crippen LogP contribution in [0.3, 0.4) is 0 Å². The molecule has 90 valence electrons. The van der Waals surface area contributed by atoms with Gasteiger partial charge in [0.2, 0.25) is 0 Å². The van der Waals surface area contributed by atoms with E-state index in [0.29, 0.717) is 13.1 Å². The lowest BCUT2D eigenvalue weighted by molar-refractivity contribution is -0.149. The van der Waals surface area contributed by atoms with Crippen LogP contribution in [-0.4, -0.2) is 61.0 Å². The first kappa shape index (κ1) is 13.1. The number of nitrogens with zero attached hydrogens (tertiary/aromatic N) is 2. The number of alkyl halides is 3. The maximum atomic E-state index is 12.1. The SMILES string of the molecule is FC(F)(F)CN1CCN(CCCS)CC1. The molecule has 0 aromatic heterocycles. The summed E-state index contributed by atoms with van der Waals surface area (Å²) in [5.74, 6) is 0.836. The van der Waals surface area contributed by atoms with Crippen LogP contribution in [-0.2, 0) is 0 Å². The number of piperazine rings is 1. The molecular weight excluding hydrogens is 225 g/mol. The number of hydrogen-bond acceptors (Lipinski definition) is 3. The summed E-state index contributed by atoms with van der Waals surface area (Å²) in [4.78, 5) is 3.67. The largest absolute Gasteiger partial charge is 0.401 e. The van der Waals surface area contributed by atoms with Crippen molar-refractivity contribution in [2.24, 2.45) is 0 Å². The molecule has 15 heavy (non-hydrogen) atoms. The van der Waals surface area contributed by atoms with E-state index in [1.165, 1.54) is 4.90 Å². The van der Waals surface area contributed by atoms with Crippen LogP contribution < -0.4 is 0 Å². The summed E-state index contributed by atoms with van der Waals surface area (Å²) in [5, 5.41) is 0. The van der Waals surface area contributed by atoms with Crippen molar-refractivity contribution in [3.63, 3.8) is 0 Å². The fourth-order valence-corrected chi connectivity index (χ4v) is 1.86. The zero-order valence-corrected chi connectivity index (χ0v) is 9.53. The molecule has 0 atom stereocenters. The molecule has 1 heterocycles. The van der Waals surface area contributed by atoms with Crippen LogP contribution in [0.1, 0.15) is 6.42 Å². The molecule has 1 saturated heterocycles. The summed E-state index contributed by atoms with van der Waals surface area (Å²) in [5.41, 5.74) is 0. The van der Waals surface area contributed by atoms with Gasteiger partial charge in [-0.15, -0.1) is 0 Å². The van der Waals surface area contributed by atoms with Crippen molar-refractivity contribution >= 4 is 12.6 Å². The molecule has 0 unspecified atom stereocenters. The summed E-state index contributed by atoms with van der Waals surface area (Å²) in [6.45, 7) is 2.70. The van der Waals surface area contributed by atoms with Crippen LogP contribution in [0, 0.1) is 0 Å². The fourth-order valence-electron chi connectivity index (χ4n) is 1.72. The minimum atomic E-state index is -4.06. The molecule has 0 aromatic rings. The molecule has 2 nitrogen and oxygen atoms in total. The van der Waals surface area contributed by atoms with Crippen LogP contribution >= 0.6 is 12.6 Å². The summed E-state index contributed by atoms with van der Waals surface area (Å²) >= 11 is 4.11. The van der Waals surface area contributed by atoms with Crippen molar-refractivity contribution in [1.82, 2.24) is 9.80 Å². The van der Waals surface area contributed by atoms with Gasteiger partial charge in [-0.1, -0.05) is 0 Å². The maximum absolute atomic E-state index is 12.1. The molecule has 6 heteroatoms. The number of halogens is 3. The van der Waals surface area contributed by atoms with Gasteiger partial charge in [0.1, 0.15) is 0 Å². The Hall–Kier alpha value is 0.0600. The van der Waals surface area contributed by atoms with Crippen molar-refractivity contribution in [2.75, 3.05) is 45.0 Å². The smallest absolute Gasteiger partial charge is 0.301 e. The van der Waals surface area contributed by atoms with Gasteiger partial charge in [-0.05, 0) is 18.7 Å². The second-order valence-corrected chi connectivity index (χ2v) is 4.26. The average molecular weight is 242 g/mol. The first-order valence-electron chi connectivity index (χ1n) is 5.13. The van der Waals surface area contributed by atoms with E-state index in [1.54, 1.807) is 0 Å². The fraction of sp³-hybridized carbons (Fsp3) is 1.00. The van der Waals surface area contributed by atoms with Gasteiger partial charge in [0.15, 0.2) is 0 Å². The van der Waals surface area contributed by atoms with E-state index >= 15 is 0 Å². The topological polar surface area (TPSA) is 6.48 Å². The van der Waals surface area contributed by atoms with Crippen molar-refractivity contribution in [1.29, 1.82) is 0 Å². The third-order valence-corrected chi connectivity index (χ3v) is 2.82. The van der Waals surface area contributed by atoms with Gasteiger partial charge in [0.05, 0.1) is 6.54 Å². The van der Waals surface area contributed by atoms with Gasteiger partial charge in [-0.25, -0.2) is 0 Å². The standard InChI is InChI=1S/C9H17F3N2S/c10-9(11,12)8-14-5-3-13(4-6-14)2-1-7-15/h15H,1-8H2. The lowest BCUT2D eigenvalue weighted by atomic mass is 10.3. The van der Waals surface area contributed by atoms with Gasteiger partial charge < -0.3 is 4.90 Å². The predicted octanol–water partition coefficient (Wildman–Crippen LogP) is 1.49. The van der Waals surface area contributed by atoms with Gasteiger partial charge >= 0.3 is 6.18 Å². The molecule has 0 aromatic carbocycles. The predicted molar refractivity (Wildman–Crippen MR) is 57.4 cm³/mol. The van der Waals surface area contributed by atoms with Crippen LogP contribution in [0.15, 0.2) is 0 Å². The quantitative estimate of drug-likeness (QED) is 0.746. The molecule has 1 fully saturated rings.